The number of nitro groups is 1. The lowest BCUT2D eigenvalue weighted by atomic mass is 9.87. The van der Waals surface area contributed by atoms with Crippen molar-refractivity contribution in [1.29, 1.82) is 0 Å². The number of hydrogen-bond donors (Lipinski definition) is 0. The van der Waals surface area contributed by atoms with Gasteiger partial charge in [0.15, 0.2) is 6.61 Å². The van der Waals surface area contributed by atoms with Crippen LogP contribution in [0.5, 0.6) is 5.75 Å². The molecule has 1 heterocycles. The maximum atomic E-state index is 10.6. The Morgan fingerprint density at radius 2 is 1.69 bits per heavy atom. The summed E-state index contributed by atoms with van der Waals surface area (Å²) in [6.07, 6.45) is 0. The summed E-state index contributed by atoms with van der Waals surface area (Å²) in [6, 6.07) is 13.8. The lowest BCUT2D eigenvalue weighted by molar-refractivity contribution is -0.384. The normalized spacial score (nSPS) is 11.3. The molecule has 2 aromatic carbocycles. The van der Waals surface area contributed by atoms with Crippen molar-refractivity contribution in [3.8, 4) is 17.2 Å². The maximum Gasteiger partial charge on any atom is 0.269 e. The molecule has 0 aliphatic heterocycles. The summed E-state index contributed by atoms with van der Waals surface area (Å²) in [5.41, 5.74) is 2.16. The average Bonchev–Trinajstić information content (AvgIpc) is 3.09. The van der Waals surface area contributed by atoms with Crippen molar-refractivity contribution in [1.82, 2.24) is 10.2 Å². The highest BCUT2D eigenvalue weighted by Gasteiger charge is 2.15. The van der Waals surface area contributed by atoms with Crippen molar-refractivity contribution < 1.29 is 14.1 Å². The number of nitrogens with zero attached hydrogens (tertiary/aromatic N) is 3. The van der Waals surface area contributed by atoms with Crippen molar-refractivity contribution in [2.45, 2.75) is 32.8 Å². The summed E-state index contributed by atoms with van der Waals surface area (Å²) < 4.78 is 11.1. The Balaban J connectivity index is 1.65. The quantitative estimate of drug-likeness (QED) is 0.494. The van der Waals surface area contributed by atoms with E-state index in [4.69, 9.17) is 9.15 Å². The molecule has 0 spiro atoms. The number of rotatable bonds is 5. The van der Waals surface area contributed by atoms with E-state index < -0.39 is 4.92 Å². The molecule has 0 radical (unpaired) electrons. The summed E-state index contributed by atoms with van der Waals surface area (Å²) in [5, 5.41) is 18.7. The van der Waals surface area contributed by atoms with E-state index in [9.17, 15) is 10.1 Å². The topological polar surface area (TPSA) is 91.3 Å². The third-order valence-corrected chi connectivity index (χ3v) is 3.87. The number of non-ortho nitro benzene ring substituents is 1. The predicted octanol–water partition coefficient (Wildman–Crippen LogP) is 4.52. The number of benzene rings is 2. The Kier molecular flexibility index (Phi) is 4.71. The molecular formula is C19H19N3O4. The molecule has 0 amide bonds. The van der Waals surface area contributed by atoms with E-state index in [2.05, 4.69) is 31.0 Å². The van der Waals surface area contributed by atoms with E-state index in [1.54, 1.807) is 0 Å². The fourth-order valence-electron chi connectivity index (χ4n) is 2.35. The van der Waals surface area contributed by atoms with Crippen molar-refractivity contribution in [2.24, 2.45) is 0 Å². The summed E-state index contributed by atoms with van der Waals surface area (Å²) in [5.74, 6) is 1.25. The van der Waals surface area contributed by atoms with Crippen molar-refractivity contribution in [3.05, 3.63) is 70.1 Å². The first-order valence-electron chi connectivity index (χ1n) is 8.13. The molecule has 0 aliphatic rings. The largest absolute Gasteiger partial charge is 0.484 e. The molecule has 1 aromatic heterocycles. The van der Waals surface area contributed by atoms with Crippen LogP contribution in [0, 0.1) is 10.1 Å². The van der Waals surface area contributed by atoms with Gasteiger partial charge in [-0.25, -0.2) is 0 Å². The molecule has 0 atom stereocenters. The van der Waals surface area contributed by atoms with Gasteiger partial charge in [-0.1, -0.05) is 32.9 Å². The number of aromatic nitrogens is 2. The minimum Gasteiger partial charge on any atom is -0.484 e. The molecular weight excluding hydrogens is 334 g/mol. The molecule has 0 fully saturated rings. The first-order chi connectivity index (χ1) is 12.3. The van der Waals surface area contributed by atoms with E-state index in [-0.39, 0.29) is 17.7 Å². The van der Waals surface area contributed by atoms with Crippen LogP contribution in [0.3, 0.4) is 0 Å². The van der Waals surface area contributed by atoms with E-state index in [0.717, 1.165) is 5.56 Å². The highest BCUT2D eigenvalue weighted by molar-refractivity contribution is 5.53. The third kappa shape index (κ3) is 4.05. The van der Waals surface area contributed by atoms with Crippen LogP contribution in [0.15, 0.2) is 52.9 Å². The number of ether oxygens (including phenoxy) is 1. The van der Waals surface area contributed by atoms with Crippen molar-refractivity contribution >= 4 is 5.69 Å². The number of hydrogen-bond acceptors (Lipinski definition) is 6. The molecule has 134 valence electrons. The van der Waals surface area contributed by atoms with Crippen molar-refractivity contribution in [3.63, 3.8) is 0 Å². The minimum absolute atomic E-state index is 0.0103. The Labute approximate surface area is 150 Å². The monoisotopic (exact) mass is 353 g/mol. The molecule has 0 saturated heterocycles. The fourth-order valence-corrected chi connectivity index (χ4v) is 2.35. The number of nitro benzene ring substituents is 1. The van der Waals surface area contributed by atoms with Gasteiger partial charge >= 0.3 is 0 Å². The van der Waals surface area contributed by atoms with Gasteiger partial charge in [-0.3, -0.25) is 10.1 Å². The first-order valence-corrected chi connectivity index (χ1v) is 8.13. The third-order valence-electron chi connectivity index (χ3n) is 3.87. The second-order valence-electron chi connectivity index (χ2n) is 6.87. The van der Waals surface area contributed by atoms with Crippen LogP contribution in [-0.2, 0) is 12.0 Å². The molecule has 26 heavy (non-hydrogen) atoms. The standard InChI is InChI=1S/C19H19N3O4/c1-19(2,3)14-6-4-13(5-7-14)18-21-20-17(26-18)12-25-16-10-8-15(9-11-16)22(23)24/h4-11H,12H2,1-3H3. The lowest BCUT2D eigenvalue weighted by Crippen LogP contribution is -2.10. The molecule has 3 rings (SSSR count). The van der Waals surface area contributed by atoms with Crippen LogP contribution >= 0.6 is 0 Å². The van der Waals surface area contributed by atoms with Crippen LogP contribution in [0.1, 0.15) is 32.2 Å². The molecule has 0 unspecified atom stereocenters. The van der Waals surface area contributed by atoms with Gasteiger partial charge in [0.1, 0.15) is 5.75 Å². The zero-order chi connectivity index (χ0) is 18.7. The van der Waals surface area contributed by atoms with Gasteiger partial charge in [0.2, 0.25) is 5.89 Å². The molecule has 0 saturated carbocycles. The van der Waals surface area contributed by atoms with Gasteiger partial charge in [0.05, 0.1) is 4.92 Å². The van der Waals surface area contributed by atoms with E-state index in [1.807, 2.05) is 24.3 Å². The molecule has 0 N–H and O–H groups in total. The van der Waals surface area contributed by atoms with Crippen LogP contribution in [0.25, 0.3) is 11.5 Å². The van der Waals surface area contributed by atoms with Gasteiger partial charge in [-0.05, 0) is 35.2 Å². The van der Waals surface area contributed by atoms with Crippen LogP contribution in [0.4, 0.5) is 5.69 Å². The summed E-state index contributed by atoms with van der Waals surface area (Å²) in [6.45, 7) is 6.55. The highest BCUT2D eigenvalue weighted by Crippen LogP contribution is 2.26. The minimum atomic E-state index is -0.459. The zero-order valence-corrected chi connectivity index (χ0v) is 14.8. The zero-order valence-electron chi connectivity index (χ0n) is 14.8. The second kappa shape index (κ2) is 6.95. The lowest BCUT2D eigenvalue weighted by Gasteiger charge is -2.18. The van der Waals surface area contributed by atoms with E-state index in [0.29, 0.717) is 17.5 Å². The van der Waals surface area contributed by atoms with Gasteiger partial charge < -0.3 is 9.15 Å². The molecule has 7 heteroatoms. The van der Waals surface area contributed by atoms with Gasteiger partial charge in [0.25, 0.3) is 11.6 Å². The van der Waals surface area contributed by atoms with Gasteiger partial charge in [-0.2, -0.15) is 0 Å². The van der Waals surface area contributed by atoms with Gasteiger partial charge in [-0.15, -0.1) is 10.2 Å². The van der Waals surface area contributed by atoms with Crippen LogP contribution in [-0.4, -0.2) is 15.1 Å². The van der Waals surface area contributed by atoms with Crippen LogP contribution < -0.4 is 4.74 Å². The Morgan fingerprint density at radius 1 is 1.04 bits per heavy atom. The smallest absolute Gasteiger partial charge is 0.269 e. The van der Waals surface area contributed by atoms with E-state index in [1.165, 1.54) is 29.8 Å². The highest BCUT2D eigenvalue weighted by atomic mass is 16.6. The molecule has 0 aliphatic carbocycles. The maximum absolute atomic E-state index is 10.6. The predicted molar refractivity (Wildman–Crippen MR) is 95.9 cm³/mol. The van der Waals surface area contributed by atoms with Gasteiger partial charge in [0, 0.05) is 17.7 Å². The second-order valence-corrected chi connectivity index (χ2v) is 6.87. The Hall–Kier alpha value is -3.22. The van der Waals surface area contributed by atoms with E-state index >= 15 is 0 Å². The Bertz CT molecular complexity index is 894. The first kappa shape index (κ1) is 17.6. The summed E-state index contributed by atoms with van der Waals surface area (Å²) in [4.78, 5) is 10.2. The average molecular weight is 353 g/mol. The SMILES string of the molecule is CC(C)(C)c1ccc(-c2nnc(COc3ccc([N+](=O)[O-])cc3)o2)cc1. The molecule has 0 bridgehead atoms. The summed E-state index contributed by atoms with van der Waals surface area (Å²) in [7, 11) is 0. The van der Waals surface area contributed by atoms with Crippen LogP contribution in [0.2, 0.25) is 0 Å². The molecule has 7 nitrogen and oxygen atoms in total. The Morgan fingerprint density at radius 3 is 2.27 bits per heavy atom. The fraction of sp³-hybridized carbons (Fsp3) is 0.263. The van der Waals surface area contributed by atoms with Crippen molar-refractivity contribution in [2.75, 3.05) is 0 Å². The summed E-state index contributed by atoms with van der Waals surface area (Å²) >= 11 is 0. The molecule has 3 aromatic rings.